The van der Waals surface area contributed by atoms with Crippen LogP contribution < -0.4 is 10.2 Å². The molecule has 0 atom stereocenters. The molecule has 0 spiro atoms. The molecule has 0 bridgehead atoms. The van der Waals surface area contributed by atoms with Crippen molar-refractivity contribution >= 4 is 40.1 Å². The van der Waals surface area contributed by atoms with Crippen molar-refractivity contribution in [3.63, 3.8) is 0 Å². The van der Waals surface area contributed by atoms with Gasteiger partial charge in [-0.3, -0.25) is 0 Å². The first-order chi connectivity index (χ1) is 15.1. The van der Waals surface area contributed by atoms with Gasteiger partial charge in [-0.25, -0.2) is 9.97 Å². The van der Waals surface area contributed by atoms with Crippen LogP contribution in [0, 0.1) is 6.92 Å². The van der Waals surface area contributed by atoms with Gasteiger partial charge in [0.1, 0.15) is 11.6 Å². The van der Waals surface area contributed by atoms with Crippen molar-refractivity contribution in [2.75, 3.05) is 31.1 Å². The van der Waals surface area contributed by atoms with E-state index in [2.05, 4.69) is 45.1 Å². The van der Waals surface area contributed by atoms with E-state index in [-0.39, 0.29) is 0 Å². The molecule has 0 radical (unpaired) electrons. The van der Waals surface area contributed by atoms with E-state index >= 15 is 0 Å². The molecular weight excluding hydrogens is 429 g/mol. The van der Waals surface area contributed by atoms with Crippen molar-refractivity contribution < 1.29 is 0 Å². The first-order valence-corrected chi connectivity index (χ1v) is 11.2. The maximum absolute atomic E-state index is 6.41. The fraction of sp³-hybridized carbons (Fsp3) is 0.250. The van der Waals surface area contributed by atoms with Gasteiger partial charge in [0.05, 0.1) is 17.6 Å². The average molecular weight is 452 g/mol. The lowest BCUT2D eigenvalue weighted by atomic mass is 10.1. The third-order valence-corrected chi connectivity index (χ3v) is 6.40. The molecule has 4 aromatic rings. The molecular formula is C24H23Cl2N5. The summed E-state index contributed by atoms with van der Waals surface area (Å²) in [5.74, 6) is 1.97. The number of hydrogen-bond donors (Lipinski definition) is 1. The Labute approximate surface area is 191 Å². The highest BCUT2D eigenvalue weighted by Crippen LogP contribution is 2.28. The second kappa shape index (κ2) is 8.50. The van der Waals surface area contributed by atoms with Gasteiger partial charge < -0.3 is 14.8 Å². The Balaban J connectivity index is 1.48. The van der Waals surface area contributed by atoms with Crippen LogP contribution in [-0.2, 0) is 6.54 Å². The highest BCUT2D eigenvalue weighted by atomic mass is 35.5. The maximum atomic E-state index is 6.41. The summed E-state index contributed by atoms with van der Waals surface area (Å²) in [4.78, 5) is 11.8. The van der Waals surface area contributed by atoms with E-state index in [1.165, 1.54) is 0 Å². The van der Waals surface area contributed by atoms with Gasteiger partial charge in [0.15, 0.2) is 0 Å². The molecule has 1 aliphatic rings. The number of piperazine rings is 1. The van der Waals surface area contributed by atoms with Crippen LogP contribution in [0.1, 0.15) is 11.4 Å². The molecule has 1 fully saturated rings. The Kier molecular flexibility index (Phi) is 5.57. The summed E-state index contributed by atoms with van der Waals surface area (Å²) in [5, 5.41) is 4.76. The van der Waals surface area contributed by atoms with E-state index < -0.39 is 0 Å². The molecule has 5 nitrogen and oxygen atoms in total. The Bertz CT molecular complexity index is 1230. The SMILES string of the molecule is Cc1nc2ccc(-c3ccc(N4CCNCC4)nc3)cc2n1Cc1cc(Cl)ccc1Cl. The molecule has 1 saturated heterocycles. The van der Waals surface area contributed by atoms with Gasteiger partial charge in [-0.1, -0.05) is 29.3 Å². The largest absolute Gasteiger partial charge is 0.354 e. The average Bonchev–Trinajstić information content (AvgIpc) is 3.11. The van der Waals surface area contributed by atoms with Gasteiger partial charge in [0.2, 0.25) is 0 Å². The van der Waals surface area contributed by atoms with Crippen molar-refractivity contribution in [3.05, 3.63) is 76.2 Å². The molecule has 0 aliphatic carbocycles. The normalized spacial score (nSPS) is 14.4. The second-order valence-corrected chi connectivity index (χ2v) is 8.67. The van der Waals surface area contributed by atoms with Crippen LogP contribution in [0.15, 0.2) is 54.7 Å². The third-order valence-electron chi connectivity index (χ3n) is 5.80. The molecule has 0 unspecified atom stereocenters. The summed E-state index contributed by atoms with van der Waals surface area (Å²) in [5.41, 5.74) is 5.21. The van der Waals surface area contributed by atoms with Crippen LogP contribution in [0.3, 0.4) is 0 Å². The summed E-state index contributed by atoms with van der Waals surface area (Å²) in [6, 6.07) is 16.2. The summed E-state index contributed by atoms with van der Waals surface area (Å²) in [6.45, 7) is 6.61. The van der Waals surface area contributed by atoms with Crippen molar-refractivity contribution in [1.82, 2.24) is 19.9 Å². The zero-order valence-corrected chi connectivity index (χ0v) is 18.8. The summed E-state index contributed by atoms with van der Waals surface area (Å²) in [6.07, 6.45) is 1.96. The number of rotatable bonds is 4. The minimum absolute atomic E-state index is 0.616. The number of imidazole rings is 1. The van der Waals surface area contributed by atoms with Gasteiger partial charge in [-0.2, -0.15) is 0 Å². The van der Waals surface area contributed by atoms with Gasteiger partial charge in [-0.15, -0.1) is 0 Å². The van der Waals surface area contributed by atoms with Crippen molar-refractivity contribution in [2.45, 2.75) is 13.5 Å². The fourth-order valence-corrected chi connectivity index (χ4v) is 4.47. The van der Waals surface area contributed by atoms with Gasteiger partial charge in [-0.05, 0) is 60.5 Å². The summed E-state index contributed by atoms with van der Waals surface area (Å²) < 4.78 is 2.18. The van der Waals surface area contributed by atoms with Crippen molar-refractivity contribution in [3.8, 4) is 11.1 Å². The Morgan fingerprint density at radius 1 is 0.968 bits per heavy atom. The third kappa shape index (κ3) is 4.13. The zero-order valence-electron chi connectivity index (χ0n) is 17.3. The number of fused-ring (bicyclic) bond motifs is 1. The molecule has 5 rings (SSSR count). The molecule has 1 N–H and O–H groups in total. The molecule has 2 aromatic heterocycles. The highest BCUT2D eigenvalue weighted by molar-refractivity contribution is 6.33. The first kappa shape index (κ1) is 20.3. The van der Waals surface area contributed by atoms with Crippen LogP contribution >= 0.6 is 23.2 Å². The molecule has 7 heteroatoms. The summed E-state index contributed by atoms with van der Waals surface area (Å²) >= 11 is 12.6. The van der Waals surface area contributed by atoms with Crippen molar-refractivity contribution in [1.29, 1.82) is 0 Å². The Hall–Kier alpha value is -2.60. The van der Waals surface area contributed by atoms with Crippen LogP contribution in [-0.4, -0.2) is 40.7 Å². The number of benzene rings is 2. The molecule has 0 saturated carbocycles. The van der Waals surface area contributed by atoms with E-state index in [9.17, 15) is 0 Å². The molecule has 31 heavy (non-hydrogen) atoms. The quantitative estimate of drug-likeness (QED) is 0.464. The van der Waals surface area contributed by atoms with Crippen LogP contribution in [0.4, 0.5) is 5.82 Å². The molecule has 3 heterocycles. The number of halogens is 2. The maximum Gasteiger partial charge on any atom is 0.128 e. The number of aryl methyl sites for hydroxylation is 1. The lowest BCUT2D eigenvalue weighted by molar-refractivity contribution is 0.585. The lowest BCUT2D eigenvalue weighted by Crippen LogP contribution is -2.43. The molecule has 1 aliphatic heterocycles. The number of nitrogens with one attached hydrogen (secondary N) is 1. The van der Waals surface area contributed by atoms with E-state index in [1.54, 1.807) is 6.07 Å². The number of anilines is 1. The van der Waals surface area contributed by atoms with E-state index in [0.717, 1.165) is 65.5 Å². The molecule has 0 amide bonds. The standard InChI is InChI=1S/C24H23Cl2N5/c1-16-29-22-6-2-17(18-3-7-24(28-14-18)30-10-8-27-9-11-30)13-23(22)31(16)15-19-12-20(25)4-5-21(19)26/h2-7,12-14,27H,8-11,15H2,1H3. The Morgan fingerprint density at radius 2 is 1.77 bits per heavy atom. The second-order valence-electron chi connectivity index (χ2n) is 7.83. The Morgan fingerprint density at radius 3 is 2.55 bits per heavy atom. The zero-order chi connectivity index (χ0) is 21.4. The predicted molar refractivity (Wildman–Crippen MR) is 128 cm³/mol. The number of nitrogens with zero attached hydrogens (tertiary/aromatic N) is 4. The van der Waals surface area contributed by atoms with Crippen LogP contribution in [0.25, 0.3) is 22.2 Å². The van der Waals surface area contributed by atoms with E-state index in [4.69, 9.17) is 33.2 Å². The van der Waals surface area contributed by atoms with E-state index in [1.807, 2.05) is 25.3 Å². The predicted octanol–water partition coefficient (Wildman–Crippen LogP) is 5.17. The number of aromatic nitrogens is 3. The number of pyridine rings is 1. The van der Waals surface area contributed by atoms with Gasteiger partial charge >= 0.3 is 0 Å². The van der Waals surface area contributed by atoms with Crippen LogP contribution in [0.5, 0.6) is 0 Å². The minimum atomic E-state index is 0.616. The van der Waals surface area contributed by atoms with E-state index in [0.29, 0.717) is 16.6 Å². The smallest absolute Gasteiger partial charge is 0.128 e. The first-order valence-electron chi connectivity index (χ1n) is 10.4. The number of hydrogen-bond acceptors (Lipinski definition) is 4. The van der Waals surface area contributed by atoms with Gasteiger partial charge in [0.25, 0.3) is 0 Å². The monoisotopic (exact) mass is 451 g/mol. The van der Waals surface area contributed by atoms with Crippen molar-refractivity contribution in [2.24, 2.45) is 0 Å². The molecule has 158 valence electrons. The van der Waals surface area contributed by atoms with Crippen LogP contribution in [0.2, 0.25) is 10.0 Å². The highest BCUT2D eigenvalue weighted by Gasteiger charge is 2.14. The minimum Gasteiger partial charge on any atom is -0.354 e. The fourth-order valence-electron chi connectivity index (χ4n) is 4.09. The summed E-state index contributed by atoms with van der Waals surface area (Å²) in [7, 11) is 0. The lowest BCUT2D eigenvalue weighted by Gasteiger charge is -2.28. The molecule has 2 aromatic carbocycles. The van der Waals surface area contributed by atoms with Gasteiger partial charge in [0, 0.05) is 48.0 Å². The topological polar surface area (TPSA) is 46.0 Å².